The van der Waals surface area contributed by atoms with E-state index in [1.54, 1.807) is 0 Å². The van der Waals surface area contributed by atoms with Crippen LogP contribution in [0.3, 0.4) is 0 Å². The highest BCUT2D eigenvalue weighted by atomic mass is 16.1. The lowest BCUT2D eigenvalue weighted by Gasteiger charge is -2.25. The Balaban J connectivity index is 1.46. The molecule has 1 aromatic heterocycles. The molecule has 1 unspecified atom stereocenters. The van der Waals surface area contributed by atoms with Gasteiger partial charge in [0.05, 0.1) is 0 Å². The number of nitrogens with zero attached hydrogens (tertiary/aromatic N) is 2. The van der Waals surface area contributed by atoms with E-state index in [2.05, 4.69) is 44.8 Å². The molecule has 1 amide bonds. The first-order chi connectivity index (χ1) is 12.3. The van der Waals surface area contributed by atoms with Gasteiger partial charge in [0.15, 0.2) is 5.82 Å². The molecule has 0 radical (unpaired) electrons. The van der Waals surface area contributed by atoms with Gasteiger partial charge in [0, 0.05) is 23.6 Å². The number of carbonyl (C=O) groups excluding carboxylic acids is 1. The predicted molar refractivity (Wildman–Crippen MR) is 96.3 cm³/mol. The number of aromatic nitrogens is 3. The summed E-state index contributed by atoms with van der Waals surface area (Å²) >= 11 is 0. The molecule has 0 fully saturated rings. The van der Waals surface area contributed by atoms with Crippen molar-refractivity contribution < 1.29 is 4.79 Å². The summed E-state index contributed by atoms with van der Waals surface area (Å²) in [6, 6.07) is 16.0. The largest absolute Gasteiger partial charge is 0.351 e. The van der Waals surface area contributed by atoms with Gasteiger partial charge < -0.3 is 5.32 Å². The van der Waals surface area contributed by atoms with Crippen LogP contribution in [0.25, 0.3) is 11.4 Å². The fourth-order valence-electron chi connectivity index (χ4n) is 3.54. The first kappa shape index (κ1) is 15.6. The summed E-state index contributed by atoms with van der Waals surface area (Å²) in [7, 11) is 0. The molecule has 25 heavy (non-hydrogen) atoms. The number of aryl methyl sites for hydroxylation is 1. The number of benzene rings is 2. The Morgan fingerprint density at radius 2 is 2.12 bits per heavy atom. The summed E-state index contributed by atoms with van der Waals surface area (Å²) in [5.41, 5.74) is 4.29. The highest BCUT2D eigenvalue weighted by molar-refractivity contribution is 5.95. The summed E-state index contributed by atoms with van der Waals surface area (Å²) in [4.78, 5) is 16.7. The highest BCUT2D eigenvalue weighted by Gasteiger charge is 2.20. The molecule has 2 aromatic carbocycles. The quantitative estimate of drug-likeness (QED) is 0.770. The van der Waals surface area contributed by atoms with Crippen molar-refractivity contribution in [3.8, 4) is 11.4 Å². The molecule has 5 heteroatoms. The van der Waals surface area contributed by atoms with Crippen molar-refractivity contribution in [1.82, 2.24) is 20.5 Å². The van der Waals surface area contributed by atoms with E-state index >= 15 is 0 Å². The van der Waals surface area contributed by atoms with Gasteiger partial charge >= 0.3 is 0 Å². The van der Waals surface area contributed by atoms with Crippen LogP contribution < -0.4 is 5.32 Å². The molecule has 0 saturated carbocycles. The van der Waals surface area contributed by atoms with E-state index in [1.807, 2.05) is 24.3 Å². The van der Waals surface area contributed by atoms with E-state index in [-0.39, 0.29) is 5.91 Å². The molecule has 4 rings (SSSR count). The third-order valence-electron chi connectivity index (χ3n) is 4.82. The fourth-order valence-corrected chi connectivity index (χ4v) is 3.54. The van der Waals surface area contributed by atoms with Crippen molar-refractivity contribution in [3.63, 3.8) is 0 Å². The van der Waals surface area contributed by atoms with Gasteiger partial charge in [-0.25, -0.2) is 4.98 Å². The minimum absolute atomic E-state index is 0.0515. The number of fused-ring (bicyclic) bond motifs is 1. The van der Waals surface area contributed by atoms with Crippen molar-refractivity contribution in [2.75, 3.05) is 6.54 Å². The molecule has 3 aromatic rings. The number of aromatic amines is 1. The number of carbonyl (C=O) groups is 1. The summed E-state index contributed by atoms with van der Waals surface area (Å²) in [5.74, 6) is 1.01. The zero-order valence-electron chi connectivity index (χ0n) is 13.9. The van der Waals surface area contributed by atoms with E-state index in [0.717, 1.165) is 18.4 Å². The Morgan fingerprint density at radius 1 is 1.20 bits per heavy atom. The molecule has 5 nitrogen and oxygen atoms in total. The monoisotopic (exact) mass is 332 g/mol. The van der Waals surface area contributed by atoms with Crippen LogP contribution in [0.2, 0.25) is 0 Å². The van der Waals surface area contributed by atoms with E-state index in [0.29, 0.717) is 23.9 Å². The van der Waals surface area contributed by atoms with Crippen LogP contribution in [0.4, 0.5) is 0 Å². The Kier molecular flexibility index (Phi) is 4.29. The lowest BCUT2D eigenvalue weighted by atomic mass is 9.83. The molecule has 0 spiro atoms. The Morgan fingerprint density at radius 3 is 3.00 bits per heavy atom. The molecule has 2 N–H and O–H groups in total. The Bertz CT molecular complexity index is 873. The van der Waals surface area contributed by atoms with Gasteiger partial charge in [0.1, 0.15) is 6.33 Å². The third-order valence-corrected chi connectivity index (χ3v) is 4.82. The van der Waals surface area contributed by atoms with Crippen LogP contribution in [0.15, 0.2) is 54.9 Å². The van der Waals surface area contributed by atoms with Gasteiger partial charge in [-0.1, -0.05) is 36.4 Å². The van der Waals surface area contributed by atoms with Crippen LogP contribution in [0.1, 0.15) is 40.2 Å². The first-order valence-electron chi connectivity index (χ1n) is 8.63. The topological polar surface area (TPSA) is 70.7 Å². The van der Waals surface area contributed by atoms with Crippen LogP contribution in [0, 0.1) is 0 Å². The molecule has 0 saturated heterocycles. The van der Waals surface area contributed by atoms with Crippen LogP contribution in [-0.4, -0.2) is 27.6 Å². The Labute approximate surface area is 146 Å². The number of hydrogen-bond acceptors (Lipinski definition) is 3. The molecule has 126 valence electrons. The molecule has 0 bridgehead atoms. The van der Waals surface area contributed by atoms with E-state index < -0.39 is 0 Å². The van der Waals surface area contributed by atoms with Crippen molar-refractivity contribution in [1.29, 1.82) is 0 Å². The minimum Gasteiger partial charge on any atom is -0.351 e. The van der Waals surface area contributed by atoms with Gasteiger partial charge in [-0.15, -0.1) is 0 Å². The van der Waals surface area contributed by atoms with Crippen molar-refractivity contribution in [2.45, 2.75) is 25.2 Å². The number of rotatable bonds is 4. The maximum absolute atomic E-state index is 12.6. The van der Waals surface area contributed by atoms with Gasteiger partial charge in [-0.3, -0.25) is 9.89 Å². The fraction of sp³-hybridized carbons (Fsp3) is 0.250. The van der Waals surface area contributed by atoms with E-state index in [4.69, 9.17) is 0 Å². The van der Waals surface area contributed by atoms with Gasteiger partial charge in [0.25, 0.3) is 5.91 Å². The summed E-state index contributed by atoms with van der Waals surface area (Å²) in [6.07, 6.45) is 4.90. The van der Waals surface area contributed by atoms with Gasteiger partial charge in [-0.05, 0) is 42.5 Å². The SMILES string of the molecule is O=C(NCC1CCCc2ccccc21)c1cccc(-c2ncn[nH]2)c1. The smallest absolute Gasteiger partial charge is 0.251 e. The second-order valence-electron chi connectivity index (χ2n) is 6.41. The second-order valence-corrected chi connectivity index (χ2v) is 6.41. The second kappa shape index (κ2) is 6.89. The standard InChI is InChI=1S/C20H20N4O/c25-20(16-8-4-7-15(11-16)19-22-13-23-24-19)21-12-17-9-3-6-14-5-1-2-10-18(14)17/h1-2,4-5,7-8,10-11,13,17H,3,6,9,12H2,(H,21,25)(H,22,23,24). The summed E-state index contributed by atoms with van der Waals surface area (Å²) in [5, 5.41) is 9.77. The zero-order chi connectivity index (χ0) is 17.1. The maximum Gasteiger partial charge on any atom is 0.251 e. The normalized spacial score (nSPS) is 16.2. The lowest BCUT2D eigenvalue weighted by molar-refractivity contribution is 0.0950. The molecule has 1 atom stereocenters. The predicted octanol–water partition coefficient (Wildman–Crippen LogP) is 3.32. The molecular weight excluding hydrogens is 312 g/mol. The van der Waals surface area contributed by atoms with Gasteiger partial charge in [0.2, 0.25) is 0 Å². The number of hydrogen-bond donors (Lipinski definition) is 2. The average Bonchev–Trinajstić information content (AvgIpc) is 3.21. The van der Waals surface area contributed by atoms with Crippen LogP contribution in [0.5, 0.6) is 0 Å². The first-order valence-corrected chi connectivity index (χ1v) is 8.63. The molecule has 1 aliphatic rings. The molecule has 1 heterocycles. The lowest BCUT2D eigenvalue weighted by Crippen LogP contribution is -2.30. The minimum atomic E-state index is -0.0515. The summed E-state index contributed by atoms with van der Waals surface area (Å²) < 4.78 is 0. The van der Waals surface area contributed by atoms with Crippen LogP contribution >= 0.6 is 0 Å². The van der Waals surface area contributed by atoms with Crippen molar-refractivity contribution in [3.05, 3.63) is 71.5 Å². The van der Waals surface area contributed by atoms with E-state index in [1.165, 1.54) is 23.9 Å². The zero-order valence-corrected chi connectivity index (χ0v) is 13.9. The third kappa shape index (κ3) is 3.31. The highest BCUT2D eigenvalue weighted by Crippen LogP contribution is 2.30. The Hall–Kier alpha value is -2.95. The molecule has 1 aliphatic carbocycles. The summed E-state index contributed by atoms with van der Waals surface area (Å²) in [6.45, 7) is 0.669. The number of amides is 1. The average molecular weight is 332 g/mol. The maximum atomic E-state index is 12.6. The van der Waals surface area contributed by atoms with Crippen molar-refractivity contribution >= 4 is 5.91 Å². The van der Waals surface area contributed by atoms with Crippen molar-refractivity contribution in [2.24, 2.45) is 0 Å². The molecule has 0 aliphatic heterocycles. The van der Waals surface area contributed by atoms with Crippen LogP contribution in [-0.2, 0) is 6.42 Å². The number of H-pyrrole nitrogens is 1. The number of nitrogens with one attached hydrogen (secondary N) is 2. The molecular formula is C20H20N4O. The van der Waals surface area contributed by atoms with E-state index in [9.17, 15) is 4.79 Å². The van der Waals surface area contributed by atoms with Gasteiger partial charge in [-0.2, -0.15) is 5.10 Å².